The van der Waals surface area contributed by atoms with Gasteiger partial charge >= 0.3 is 0 Å². The van der Waals surface area contributed by atoms with Crippen LogP contribution < -0.4 is 0 Å². The van der Waals surface area contributed by atoms with E-state index in [1.165, 1.54) is 0 Å². The van der Waals surface area contributed by atoms with Crippen LogP contribution in [0.3, 0.4) is 0 Å². The highest BCUT2D eigenvalue weighted by Crippen LogP contribution is 2.31. The fraction of sp³-hybridized carbons (Fsp3) is 1.00. The van der Waals surface area contributed by atoms with Gasteiger partial charge in [0, 0.05) is 0 Å². The molecule has 1 aliphatic rings. The van der Waals surface area contributed by atoms with Crippen LogP contribution in [0, 0.1) is 5.92 Å². The molecule has 0 amide bonds. The molecule has 0 bridgehead atoms. The normalized spacial score (nSPS) is 45.0. The standard InChI is InChI=1S/C8H15O/c1-7-3-5-8(2,9)6-4-7/h7H,3-6H2,1-2H3. The van der Waals surface area contributed by atoms with E-state index in [4.69, 9.17) is 0 Å². The second-order valence-electron chi connectivity index (χ2n) is 3.63. The summed E-state index contributed by atoms with van der Waals surface area (Å²) in [5.41, 5.74) is -0.591. The van der Waals surface area contributed by atoms with Crippen LogP contribution in [0.2, 0.25) is 0 Å². The van der Waals surface area contributed by atoms with Crippen LogP contribution in [-0.4, -0.2) is 5.60 Å². The zero-order chi connectivity index (χ0) is 6.91. The van der Waals surface area contributed by atoms with Crippen molar-refractivity contribution < 1.29 is 5.11 Å². The summed E-state index contributed by atoms with van der Waals surface area (Å²) >= 11 is 0. The van der Waals surface area contributed by atoms with E-state index < -0.39 is 5.60 Å². The van der Waals surface area contributed by atoms with Gasteiger partial charge < -0.3 is 0 Å². The fourth-order valence-electron chi connectivity index (χ4n) is 1.37. The van der Waals surface area contributed by atoms with E-state index in [1.807, 2.05) is 6.92 Å². The Labute approximate surface area is 57.1 Å². The van der Waals surface area contributed by atoms with E-state index in [0.717, 1.165) is 31.6 Å². The molecule has 0 aliphatic heterocycles. The molecule has 53 valence electrons. The monoisotopic (exact) mass is 127 g/mol. The number of rotatable bonds is 0. The molecule has 1 fully saturated rings. The Morgan fingerprint density at radius 3 is 2.11 bits per heavy atom. The predicted octanol–water partition coefficient (Wildman–Crippen LogP) is 2.39. The number of hydrogen-bond acceptors (Lipinski definition) is 0. The van der Waals surface area contributed by atoms with Crippen molar-refractivity contribution in [3.05, 3.63) is 0 Å². The summed E-state index contributed by atoms with van der Waals surface area (Å²) < 4.78 is 0. The van der Waals surface area contributed by atoms with Crippen molar-refractivity contribution in [1.82, 2.24) is 0 Å². The van der Waals surface area contributed by atoms with Crippen molar-refractivity contribution in [2.75, 3.05) is 0 Å². The maximum absolute atomic E-state index is 11.3. The van der Waals surface area contributed by atoms with Gasteiger partial charge in [-0.2, -0.15) is 0 Å². The van der Waals surface area contributed by atoms with Crippen LogP contribution in [0.1, 0.15) is 39.5 Å². The SMILES string of the molecule is CC1CCC(C)([O])CC1. The van der Waals surface area contributed by atoms with Gasteiger partial charge in [-0.1, -0.05) is 6.92 Å². The Kier molecular flexibility index (Phi) is 1.80. The van der Waals surface area contributed by atoms with Gasteiger partial charge in [0.15, 0.2) is 0 Å². The molecule has 0 unspecified atom stereocenters. The molecule has 1 radical (unpaired) electrons. The van der Waals surface area contributed by atoms with E-state index in [1.54, 1.807) is 0 Å². The largest absolute Gasteiger partial charge is 0.230 e. The molecular weight excluding hydrogens is 112 g/mol. The third-order valence-electron chi connectivity index (χ3n) is 2.33. The van der Waals surface area contributed by atoms with Crippen molar-refractivity contribution in [2.24, 2.45) is 5.92 Å². The van der Waals surface area contributed by atoms with Crippen LogP contribution in [0.25, 0.3) is 0 Å². The lowest BCUT2D eigenvalue weighted by molar-refractivity contribution is -0.0505. The summed E-state index contributed by atoms with van der Waals surface area (Å²) in [4.78, 5) is 0. The van der Waals surface area contributed by atoms with Crippen LogP contribution in [0.5, 0.6) is 0 Å². The molecule has 0 aromatic heterocycles. The second kappa shape index (κ2) is 2.30. The van der Waals surface area contributed by atoms with E-state index in [9.17, 15) is 5.11 Å². The smallest absolute Gasteiger partial charge is 0.101 e. The van der Waals surface area contributed by atoms with E-state index in [2.05, 4.69) is 6.92 Å². The molecular formula is C8H15O. The highest BCUT2D eigenvalue weighted by Gasteiger charge is 2.28. The minimum atomic E-state index is -0.591. The predicted molar refractivity (Wildman–Crippen MR) is 36.7 cm³/mol. The van der Waals surface area contributed by atoms with Crippen LogP contribution >= 0.6 is 0 Å². The first-order valence-corrected chi connectivity index (χ1v) is 3.81. The van der Waals surface area contributed by atoms with Gasteiger partial charge in [-0.15, -0.1) is 0 Å². The van der Waals surface area contributed by atoms with Gasteiger partial charge in [-0.05, 0) is 38.5 Å². The van der Waals surface area contributed by atoms with Crippen molar-refractivity contribution >= 4 is 0 Å². The molecule has 0 N–H and O–H groups in total. The first kappa shape index (κ1) is 7.07. The fourth-order valence-corrected chi connectivity index (χ4v) is 1.37. The summed E-state index contributed by atoms with van der Waals surface area (Å²) in [6.45, 7) is 4.06. The lowest BCUT2D eigenvalue weighted by Gasteiger charge is -2.28. The molecule has 0 heterocycles. The maximum atomic E-state index is 11.3. The molecule has 1 aliphatic carbocycles. The van der Waals surface area contributed by atoms with Crippen molar-refractivity contribution in [3.8, 4) is 0 Å². The maximum Gasteiger partial charge on any atom is 0.101 e. The average molecular weight is 127 g/mol. The van der Waals surface area contributed by atoms with Gasteiger partial charge in [0.25, 0.3) is 0 Å². The summed E-state index contributed by atoms with van der Waals surface area (Å²) in [6.07, 6.45) is 4.04. The zero-order valence-corrected chi connectivity index (χ0v) is 6.31. The third kappa shape index (κ3) is 1.98. The molecule has 0 atom stereocenters. The first-order valence-electron chi connectivity index (χ1n) is 3.81. The molecule has 0 aromatic carbocycles. The summed E-state index contributed by atoms with van der Waals surface area (Å²) in [6, 6.07) is 0. The third-order valence-corrected chi connectivity index (χ3v) is 2.33. The molecule has 0 spiro atoms. The Balaban J connectivity index is 2.35. The Hall–Kier alpha value is -0.0400. The van der Waals surface area contributed by atoms with Gasteiger partial charge in [0.05, 0.1) is 0 Å². The quantitative estimate of drug-likeness (QED) is 0.476. The Morgan fingerprint density at radius 1 is 1.33 bits per heavy atom. The second-order valence-corrected chi connectivity index (χ2v) is 3.63. The molecule has 0 saturated heterocycles. The topological polar surface area (TPSA) is 19.9 Å². The molecule has 1 rings (SSSR count). The van der Waals surface area contributed by atoms with Crippen LogP contribution in [0.15, 0.2) is 0 Å². The minimum Gasteiger partial charge on any atom is -0.230 e. The molecule has 1 heteroatoms. The van der Waals surface area contributed by atoms with Crippen molar-refractivity contribution in [2.45, 2.75) is 45.1 Å². The Bertz CT molecular complexity index is 86.7. The lowest BCUT2D eigenvalue weighted by Crippen LogP contribution is -2.27. The lowest BCUT2D eigenvalue weighted by atomic mass is 9.81. The van der Waals surface area contributed by atoms with Crippen LogP contribution in [-0.2, 0) is 5.11 Å². The van der Waals surface area contributed by atoms with Gasteiger partial charge in [0.2, 0.25) is 0 Å². The van der Waals surface area contributed by atoms with Gasteiger partial charge in [0.1, 0.15) is 5.60 Å². The summed E-state index contributed by atoms with van der Waals surface area (Å²) in [7, 11) is 0. The van der Waals surface area contributed by atoms with Gasteiger partial charge in [-0.3, -0.25) is 0 Å². The highest BCUT2D eigenvalue weighted by molar-refractivity contribution is 4.78. The first-order chi connectivity index (χ1) is 4.10. The summed E-state index contributed by atoms with van der Waals surface area (Å²) in [5, 5.41) is 11.3. The van der Waals surface area contributed by atoms with E-state index >= 15 is 0 Å². The van der Waals surface area contributed by atoms with Crippen molar-refractivity contribution in [3.63, 3.8) is 0 Å². The molecule has 0 aromatic rings. The van der Waals surface area contributed by atoms with Crippen molar-refractivity contribution in [1.29, 1.82) is 0 Å². The highest BCUT2D eigenvalue weighted by atomic mass is 16.3. The van der Waals surface area contributed by atoms with E-state index in [-0.39, 0.29) is 0 Å². The summed E-state index contributed by atoms with van der Waals surface area (Å²) in [5.74, 6) is 0.798. The van der Waals surface area contributed by atoms with E-state index in [0.29, 0.717) is 0 Å². The average Bonchev–Trinajstić information content (AvgIpc) is 1.78. The number of hydrogen-bond donors (Lipinski definition) is 0. The zero-order valence-electron chi connectivity index (χ0n) is 6.31. The minimum absolute atomic E-state index is 0.591. The Morgan fingerprint density at radius 2 is 1.78 bits per heavy atom. The molecule has 1 nitrogen and oxygen atoms in total. The molecule has 1 saturated carbocycles. The van der Waals surface area contributed by atoms with Gasteiger partial charge in [-0.25, -0.2) is 5.11 Å². The van der Waals surface area contributed by atoms with Crippen LogP contribution in [0.4, 0.5) is 0 Å². The molecule has 9 heavy (non-hydrogen) atoms.